The summed E-state index contributed by atoms with van der Waals surface area (Å²) in [6, 6.07) is 0.658. The van der Waals surface area contributed by atoms with Crippen LogP contribution < -0.4 is 5.32 Å². The first-order chi connectivity index (χ1) is 8.81. The predicted octanol–water partition coefficient (Wildman–Crippen LogP) is 2.70. The lowest BCUT2D eigenvalue weighted by atomic mass is 9.82. The van der Waals surface area contributed by atoms with Crippen molar-refractivity contribution in [3.05, 3.63) is 0 Å². The van der Waals surface area contributed by atoms with Gasteiger partial charge in [0.25, 0.3) is 0 Å². The van der Waals surface area contributed by atoms with Crippen LogP contribution in [0.15, 0.2) is 0 Å². The molecule has 3 fully saturated rings. The van der Waals surface area contributed by atoms with Crippen LogP contribution in [0.3, 0.4) is 0 Å². The number of hydrogen-bond donors (Lipinski definition) is 1. The normalized spacial score (nSPS) is 44.8. The van der Waals surface area contributed by atoms with Crippen LogP contribution in [0.5, 0.6) is 0 Å². The van der Waals surface area contributed by atoms with Crippen LogP contribution in [0.25, 0.3) is 0 Å². The minimum atomic E-state index is 0.363. The molecule has 1 heterocycles. The van der Waals surface area contributed by atoms with Crippen LogP contribution in [0.2, 0.25) is 0 Å². The topological polar surface area (TPSA) is 30.5 Å². The smallest absolute Gasteiger partial charge is 0.147 e. The van der Waals surface area contributed by atoms with Crippen LogP contribution in [-0.4, -0.2) is 31.6 Å². The van der Waals surface area contributed by atoms with Gasteiger partial charge in [0.05, 0.1) is 12.2 Å². The molecule has 0 aromatic rings. The summed E-state index contributed by atoms with van der Waals surface area (Å²) in [5, 5.41) is 3.79. The number of ether oxygens (including phenoxy) is 2. The second kappa shape index (κ2) is 5.89. The van der Waals surface area contributed by atoms with Crippen molar-refractivity contribution in [3.8, 4) is 0 Å². The molecular weight excluding hydrogens is 226 g/mol. The first kappa shape index (κ1) is 12.9. The van der Waals surface area contributed by atoms with Crippen molar-refractivity contribution in [1.29, 1.82) is 0 Å². The third-order valence-electron chi connectivity index (χ3n) is 5.04. The van der Waals surface area contributed by atoms with E-state index in [1.165, 1.54) is 45.1 Å². The second-order valence-corrected chi connectivity index (χ2v) is 6.58. The van der Waals surface area contributed by atoms with E-state index in [0.717, 1.165) is 18.3 Å². The number of nitrogens with one attached hydrogen (secondary N) is 1. The fraction of sp³-hybridized carbons (Fsp3) is 1.00. The highest BCUT2D eigenvalue weighted by atomic mass is 16.7. The van der Waals surface area contributed by atoms with E-state index in [0.29, 0.717) is 25.0 Å². The number of rotatable bonds is 3. The molecule has 3 aliphatic rings. The summed E-state index contributed by atoms with van der Waals surface area (Å²) < 4.78 is 11.2. The summed E-state index contributed by atoms with van der Waals surface area (Å²) in [5.41, 5.74) is 0. The Labute approximate surface area is 111 Å². The molecule has 0 amide bonds. The first-order valence-corrected chi connectivity index (χ1v) is 7.78. The molecule has 1 saturated heterocycles. The molecule has 0 radical (unpaired) electrons. The van der Waals surface area contributed by atoms with Gasteiger partial charge in [0.15, 0.2) is 0 Å². The van der Waals surface area contributed by atoms with Gasteiger partial charge in [-0.15, -0.1) is 0 Å². The van der Waals surface area contributed by atoms with E-state index < -0.39 is 0 Å². The average Bonchev–Trinajstić information content (AvgIpc) is 2.84. The number of hydrogen-bond acceptors (Lipinski definition) is 3. The third-order valence-corrected chi connectivity index (χ3v) is 5.04. The van der Waals surface area contributed by atoms with Crippen molar-refractivity contribution in [1.82, 2.24) is 5.32 Å². The summed E-state index contributed by atoms with van der Waals surface area (Å²) in [6.07, 6.45) is 10.0. The Morgan fingerprint density at radius 3 is 2.78 bits per heavy atom. The van der Waals surface area contributed by atoms with E-state index >= 15 is 0 Å². The molecule has 0 bridgehead atoms. The lowest BCUT2D eigenvalue weighted by Crippen LogP contribution is -2.43. The van der Waals surface area contributed by atoms with E-state index in [1.54, 1.807) is 0 Å². The fourth-order valence-corrected chi connectivity index (χ4v) is 3.95. The van der Waals surface area contributed by atoms with Crippen molar-refractivity contribution in [3.63, 3.8) is 0 Å². The van der Waals surface area contributed by atoms with Crippen LogP contribution in [0.1, 0.15) is 51.9 Å². The zero-order valence-corrected chi connectivity index (χ0v) is 11.6. The van der Waals surface area contributed by atoms with Gasteiger partial charge in [0.2, 0.25) is 0 Å². The van der Waals surface area contributed by atoms with Gasteiger partial charge in [0, 0.05) is 6.04 Å². The zero-order chi connectivity index (χ0) is 12.4. The maximum absolute atomic E-state index is 5.63. The van der Waals surface area contributed by atoms with Crippen molar-refractivity contribution >= 4 is 0 Å². The van der Waals surface area contributed by atoms with Crippen LogP contribution in [-0.2, 0) is 9.47 Å². The van der Waals surface area contributed by atoms with Gasteiger partial charge >= 0.3 is 0 Å². The van der Waals surface area contributed by atoms with Gasteiger partial charge in [-0.1, -0.05) is 19.8 Å². The molecule has 5 unspecified atom stereocenters. The maximum Gasteiger partial charge on any atom is 0.147 e. The van der Waals surface area contributed by atoms with Crippen molar-refractivity contribution in [2.75, 3.05) is 13.3 Å². The lowest BCUT2D eigenvalue weighted by Gasteiger charge is -2.33. The highest BCUT2D eigenvalue weighted by Crippen LogP contribution is 2.30. The Balaban J connectivity index is 1.40. The first-order valence-electron chi connectivity index (χ1n) is 7.78. The Bertz CT molecular complexity index is 271. The zero-order valence-electron chi connectivity index (χ0n) is 11.6. The quantitative estimate of drug-likeness (QED) is 0.839. The van der Waals surface area contributed by atoms with E-state index in [-0.39, 0.29) is 0 Å². The lowest BCUT2D eigenvalue weighted by molar-refractivity contribution is 0.0392. The van der Waals surface area contributed by atoms with Gasteiger partial charge in [-0.2, -0.15) is 0 Å². The summed E-state index contributed by atoms with van der Waals surface area (Å²) in [6.45, 7) is 4.14. The standard InChI is InChI=1S/C15H27NO2/c1-11-3-2-4-12(7-11)9-16-13-5-6-14-15(8-13)18-10-17-14/h11-16H,2-10H2,1H3. The summed E-state index contributed by atoms with van der Waals surface area (Å²) in [7, 11) is 0. The molecule has 3 rings (SSSR count). The molecule has 0 aromatic heterocycles. The van der Waals surface area contributed by atoms with Gasteiger partial charge in [-0.05, 0) is 50.5 Å². The Morgan fingerprint density at radius 2 is 1.89 bits per heavy atom. The van der Waals surface area contributed by atoms with Crippen LogP contribution in [0, 0.1) is 11.8 Å². The third kappa shape index (κ3) is 3.06. The molecule has 1 aliphatic heterocycles. The van der Waals surface area contributed by atoms with Crippen molar-refractivity contribution in [2.24, 2.45) is 11.8 Å². The van der Waals surface area contributed by atoms with Gasteiger partial charge < -0.3 is 14.8 Å². The fourth-order valence-electron chi connectivity index (χ4n) is 3.95. The summed E-state index contributed by atoms with van der Waals surface area (Å²) in [4.78, 5) is 0. The van der Waals surface area contributed by atoms with E-state index in [1.807, 2.05) is 0 Å². The average molecular weight is 253 g/mol. The summed E-state index contributed by atoms with van der Waals surface area (Å²) in [5.74, 6) is 1.85. The molecule has 0 spiro atoms. The maximum atomic E-state index is 5.63. The molecule has 0 aromatic carbocycles. The minimum absolute atomic E-state index is 0.363. The Kier molecular flexibility index (Phi) is 4.22. The van der Waals surface area contributed by atoms with Crippen molar-refractivity contribution in [2.45, 2.75) is 70.1 Å². The highest BCUT2D eigenvalue weighted by Gasteiger charge is 2.35. The molecule has 3 nitrogen and oxygen atoms in total. The number of fused-ring (bicyclic) bond motifs is 1. The van der Waals surface area contributed by atoms with E-state index in [4.69, 9.17) is 9.47 Å². The summed E-state index contributed by atoms with van der Waals surface area (Å²) >= 11 is 0. The van der Waals surface area contributed by atoms with E-state index in [9.17, 15) is 0 Å². The van der Waals surface area contributed by atoms with Gasteiger partial charge in [0.1, 0.15) is 6.79 Å². The Morgan fingerprint density at radius 1 is 1.00 bits per heavy atom. The van der Waals surface area contributed by atoms with Gasteiger partial charge in [-0.25, -0.2) is 0 Å². The predicted molar refractivity (Wildman–Crippen MR) is 71.4 cm³/mol. The molecular formula is C15H27NO2. The molecule has 2 saturated carbocycles. The minimum Gasteiger partial charge on any atom is -0.349 e. The molecule has 2 aliphatic carbocycles. The largest absolute Gasteiger partial charge is 0.349 e. The second-order valence-electron chi connectivity index (χ2n) is 6.58. The molecule has 104 valence electrons. The van der Waals surface area contributed by atoms with Crippen molar-refractivity contribution < 1.29 is 9.47 Å². The van der Waals surface area contributed by atoms with Gasteiger partial charge in [-0.3, -0.25) is 0 Å². The van der Waals surface area contributed by atoms with Crippen LogP contribution in [0.4, 0.5) is 0 Å². The molecule has 3 heteroatoms. The Hall–Kier alpha value is -0.120. The van der Waals surface area contributed by atoms with Crippen LogP contribution >= 0.6 is 0 Å². The highest BCUT2D eigenvalue weighted by molar-refractivity contribution is 4.87. The SMILES string of the molecule is CC1CCCC(CNC2CCC3OCOC3C2)C1. The molecule has 5 atom stereocenters. The molecule has 1 N–H and O–H groups in total. The molecule has 18 heavy (non-hydrogen) atoms. The monoisotopic (exact) mass is 253 g/mol. The van der Waals surface area contributed by atoms with E-state index in [2.05, 4.69) is 12.2 Å².